The Hall–Kier alpha value is -0.860. The van der Waals surface area contributed by atoms with Gasteiger partial charge in [-0.15, -0.1) is 0 Å². The van der Waals surface area contributed by atoms with Gasteiger partial charge in [-0.05, 0) is 36.7 Å². The topological polar surface area (TPSA) is 38.0 Å². The lowest BCUT2D eigenvalue weighted by Gasteiger charge is -2.15. The van der Waals surface area contributed by atoms with E-state index in [-0.39, 0.29) is 6.04 Å². The fourth-order valence-electron chi connectivity index (χ4n) is 2.05. The van der Waals surface area contributed by atoms with Crippen LogP contribution in [0.1, 0.15) is 31.7 Å². The first-order chi connectivity index (χ1) is 8.18. The fraction of sp³-hybridized carbons (Fsp3) is 0.600. The smallest absolute Gasteiger partial charge is 0.0168 e. The number of nitrogens with one attached hydrogen (secondary N) is 1. The monoisotopic (exact) mass is 232 g/mol. The molecule has 17 heavy (non-hydrogen) atoms. The quantitative estimate of drug-likeness (QED) is 0.757. The van der Waals surface area contributed by atoms with E-state index in [4.69, 9.17) is 5.73 Å². The second-order valence-corrected chi connectivity index (χ2v) is 5.73. The minimum absolute atomic E-state index is 0.276. The van der Waals surface area contributed by atoms with Crippen molar-refractivity contribution < 1.29 is 0 Å². The van der Waals surface area contributed by atoms with Crippen LogP contribution in [0.2, 0.25) is 0 Å². The molecule has 1 atom stereocenters. The van der Waals surface area contributed by atoms with E-state index in [1.807, 2.05) is 0 Å². The third kappa shape index (κ3) is 4.49. The molecule has 0 saturated heterocycles. The van der Waals surface area contributed by atoms with E-state index >= 15 is 0 Å². The van der Waals surface area contributed by atoms with Crippen molar-refractivity contribution in [1.82, 2.24) is 5.32 Å². The highest BCUT2D eigenvalue weighted by atomic mass is 14.9. The molecule has 0 spiro atoms. The van der Waals surface area contributed by atoms with Crippen molar-refractivity contribution in [2.75, 3.05) is 13.1 Å². The zero-order chi connectivity index (χ0) is 12.1. The molecule has 0 aromatic heterocycles. The summed E-state index contributed by atoms with van der Waals surface area (Å²) in [5.74, 6) is 0. The maximum Gasteiger partial charge on any atom is 0.0168 e. The van der Waals surface area contributed by atoms with Crippen LogP contribution < -0.4 is 11.1 Å². The van der Waals surface area contributed by atoms with Crippen LogP contribution in [0, 0.1) is 5.41 Å². The van der Waals surface area contributed by atoms with E-state index in [1.54, 1.807) is 0 Å². The first kappa shape index (κ1) is 12.6. The Morgan fingerprint density at radius 3 is 2.65 bits per heavy atom. The van der Waals surface area contributed by atoms with Crippen LogP contribution in [0.5, 0.6) is 0 Å². The predicted octanol–water partition coefficient (Wildman–Crippen LogP) is 2.34. The van der Waals surface area contributed by atoms with Crippen molar-refractivity contribution in [3.8, 4) is 0 Å². The van der Waals surface area contributed by atoms with Gasteiger partial charge in [-0.25, -0.2) is 0 Å². The second-order valence-electron chi connectivity index (χ2n) is 5.73. The molecule has 2 nitrogen and oxygen atoms in total. The Morgan fingerprint density at radius 2 is 2.00 bits per heavy atom. The number of benzene rings is 1. The Bertz CT molecular complexity index is 330. The molecule has 1 saturated carbocycles. The molecule has 94 valence electrons. The average Bonchev–Trinajstić information content (AvgIpc) is 3.06. The molecule has 0 aliphatic heterocycles. The van der Waals surface area contributed by atoms with Crippen molar-refractivity contribution >= 4 is 0 Å². The number of hydrogen-bond donors (Lipinski definition) is 2. The average molecular weight is 232 g/mol. The van der Waals surface area contributed by atoms with Crippen LogP contribution in [0.3, 0.4) is 0 Å². The Kier molecular flexibility index (Phi) is 4.19. The van der Waals surface area contributed by atoms with Crippen molar-refractivity contribution in [2.24, 2.45) is 11.1 Å². The van der Waals surface area contributed by atoms with Gasteiger partial charge in [0.15, 0.2) is 0 Å². The second kappa shape index (κ2) is 5.65. The number of aryl methyl sites for hydroxylation is 1. The minimum atomic E-state index is 0.276. The summed E-state index contributed by atoms with van der Waals surface area (Å²) in [5.41, 5.74) is 8.08. The van der Waals surface area contributed by atoms with Gasteiger partial charge >= 0.3 is 0 Å². The molecule has 1 aliphatic rings. The molecule has 1 aromatic carbocycles. The molecule has 0 radical (unpaired) electrons. The molecule has 2 heteroatoms. The molecule has 1 fully saturated rings. The van der Waals surface area contributed by atoms with Gasteiger partial charge < -0.3 is 11.1 Å². The molecule has 0 bridgehead atoms. The summed E-state index contributed by atoms with van der Waals surface area (Å²) in [7, 11) is 0. The zero-order valence-corrected chi connectivity index (χ0v) is 10.8. The van der Waals surface area contributed by atoms with E-state index in [0.29, 0.717) is 5.41 Å². The Morgan fingerprint density at radius 1 is 1.29 bits per heavy atom. The Labute approximate surface area is 105 Å². The maximum absolute atomic E-state index is 6.11. The molecule has 1 aromatic rings. The van der Waals surface area contributed by atoms with Gasteiger partial charge in [0.05, 0.1) is 0 Å². The SMILES string of the molecule is CC1(CNCC(N)CCc2ccccc2)CC1. The molecular weight excluding hydrogens is 208 g/mol. The largest absolute Gasteiger partial charge is 0.327 e. The van der Waals surface area contributed by atoms with E-state index in [9.17, 15) is 0 Å². The molecule has 0 amide bonds. The summed E-state index contributed by atoms with van der Waals surface area (Å²) in [6.07, 6.45) is 4.90. The van der Waals surface area contributed by atoms with E-state index in [1.165, 1.54) is 18.4 Å². The normalized spacial score (nSPS) is 18.9. The minimum Gasteiger partial charge on any atom is -0.327 e. The van der Waals surface area contributed by atoms with Gasteiger partial charge in [0.25, 0.3) is 0 Å². The summed E-state index contributed by atoms with van der Waals surface area (Å²) in [5, 5.41) is 3.50. The lowest BCUT2D eigenvalue weighted by atomic mass is 10.1. The van der Waals surface area contributed by atoms with Gasteiger partial charge in [0, 0.05) is 19.1 Å². The Balaban J connectivity index is 1.59. The highest BCUT2D eigenvalue weighted by molar-refractivity contribution is 5.14. The summed E-state index contributed by atoms with van der Waals surface area (Å²) >= 11 is 0. The van der Waals surface area contributed by atoms with Crippen LogP contribution in [0.4, 0.5) is 0 Å². The van der Waals surface area contributed by atoms with Gasteiger partial charge in [0.1, 0.15) is 0 Å². The van der Waals surface area contributed by atoms with Crippen molar-refractivity contribution in [2.45, 2.75) is 38.6 Å². The summed E-state index contributed by atoms with van der Waals surface area (Å²) in [6, 6.07) is 10.9. The summed E-state index contributed by atoms with van der Waals surface area (Å²) in [4.78, 5) is 0. The third-order valence-corrected chi connectivity index (χ3v) is 3.71. The molecular formula is C15H24N2. The first-order valence-electron chi connectivity index (χ1n) is 6.68. The molecule has 1 unspecified atom stereocenters. The van der Waals surface area contributed by atoms with Crippen molar-refractivity contribution in [1.29, 1.82) is 0 Å². The molecule has 0 heterocycles. The predicted molar refractivity (Wildman–Crippen MR) is 72.9 cm³/mol. The van der Waals surface area contributed by atoms with Crippen LogP contribution in [-0.2, 0) is 6.42 Å². The third-order valence-electron chi connectivity index (χ3n) is 3.71. The number of rotatable bonds is 7. The number of nitrogens with two attached hydrogens (primary N) is 1. The van der Waals surface area contributed by atoms with E-state index in [2.05, 4.69) is 42.6 Å². The van der Waals surface area contributed by atoms with Gasteiger partial charge in [-0.2, -0.15) is 0 Å². The molecule has 2 rings (SSSR count). The number of hydrogen-bond acceptors (Lipinski definition) is 2. The molecule has 1 aliphatic carbocycles. The van der Waals surface area contributed by atoms with Gasteiger partial charge in [-0.1, -0.05) is 37.3 Å². The van der Waals surface area contributed by atoms with E-state index in [0.717, 1.165) is 25.9 Å². The van der Waals surface area contributed by atoms with Crippen LogP contribution in [0.15, 0.2) is 30.3 Å². The van der Waals surface area contributed by atoms with Crippen LogP contribution in [-0.4, -0.2) is 19.1 Å². The van der Waals surface area contributed by atoms with Gasteiger partial charge in [-0.3, -0.25) is 0 Å². The van der Waals surface area contributed by atoms with Crippen molar-refractivity contribution in [3.05, 3.63) is 35.9 Å². The lowest BCUT2D eigenvalue weighted by Crippen LogP contribution is -2.36. The first-order valence-corrected chi connectivity index (χ1v) is 6.68. The zero-order valence-electron chi connectivity index (χ0n) is 10.8. The maximum atomic E-state index is 6.11. The fourth-order valence-corrected chi connectivity index (χ4v) is 2.05. The van der Waals surface area contributed by atoms with Gasteiger partial charge in [0.2, 0.25) is 0 Å². The summed E-state index contributed by atoms with van der Waals surface area (Å²) in [6.45, 7) is 4.42. The van der Waals surface area contributed by atoms with E-state index < -0.39 is 0 Å². The standard InChI is InChI=1S/C15H24N2/c1-15(9-10-15)12-17-11-14(16)8-7-13-5-3-2-4-6-13/h2-6,14,17H,7-12,16H2,1H3. The van der Waals surface area contributed by atoms with Crippen LogP contribution >= 0.6 is 0 Å². The summed E-state index contributed by atoms with van der Waals surface area (Å²) < 4.78 is 0. The highest BCUT2D eigenvalue weighted by Gasteiger charge is 2.36. The molecule has 3 N–H and O–H groups in total. The lowest BCUT2D eigenvalue weighted by molar-refractivity contribution is 0.466. The van der Waals surface area contributed by atoms with Crippen LogP contribution in [0.25, 0.3) is 0 Å². The highest BCUT2D eigenvalue weighted by Crippen LogP contribution is 2.43. The van der Waals surface area contributed by atoms with Crippen molar-refractivity contribution in [3.63, 3.8) is 0 Å².